The van der Waals surface area contributed by atoms with Crippen LogP contribution in [-0.4, -0.2) is 37.0 Å². The molecule has 0 spiro atoms. The lowest BCUT2D eigenvalue weighted by atomic mass is 10.0. The van der Waals surface area contributed by atoms with Gasteiger partial charge in [0.15, 0.2) is 0 Å². The summed E-state index contributed by atoms with van der Waals surface area (Å²) < 4.78 is 5.35. The number of ether oxygens (including phenoxy) is 1. The van der Waals surface area contributed by atoms with Crippen molar-refractivity contribution in [1.29, 1.82) is 0 Å². The van der Waals surface area contributed by atoms with Gasteiger partial charge in [0.25, 0.3) is 0 Å². The third kappa shape index (κ3) is 3.50. The lowest BCUT2D eigenvalue weighted by Crippen LogP contribution is -2.40. The van der Waals surface area contributed by atoms with E-state index in [9.17, 15) is 9.59 Å². The summed E-state index contributed by atoms with van der Waals surface area (Å²) in [6, 6.07) is 5.50. The van der Waals surface area contributed by atoms with Gasteiger partial charge in [0.1, 0.15) is 5.75 Å². The second kappa shape index (κ2) is 6.68. The van der Waals surface area contributed by atoms with E-state index < -0.39 is 0 Å². The molecule has 6 nitrogen and oxygen atoms in total. The van der Waals surface area contributed by atoms with Gasteiger partial charge in [-0.2, -0.15) is 0 Å². The van der Waals surface area contributed by atoms with E-state index >= 15 is 0 Å². The van der Waals surface area contributed by atoms with Crippen molar-refractivity contribution in [2.24, 2.45) is 11.7 Å². The normalized spacial score (nSPS) is 18.9. The monoisotopic (exact) mass is 305 g/mol. The number of nitrogens with zero attached hydrogens (tertiary/aromatic N) is 1. The molecule has 0 saturated carbocycles. The highest BCUT2D eigenvalue weighted by atomic mass is 16.5. The summed E-state index contributed by atoms with van der Waals surface area (Å²) in [5.41, 5.74) is 7.33. The Kier molecular flexibility index (Phi) is 4.90. The number of urea groups is 1. The summed E-state index contributed by atoms with van der Waals surface area (Å²) in [5, 5.41) is 2.95. The van der Waals surface area contributed by atoms with E-state index in [0.29, 0.717) is 19.5 Å². The number of nitrogens with two attached hydrogens (primary N) is 1. The number of aryl methyl sites for hydroxylation is 1. The molecule has 2 atom stereocenters. The summed E-state index contributed by atoms with van der Waals surface area (Å²) in [4.78, 5) is 25.1. The zero-order valence-electron chi connectivity index (χ0n) is 13.3. The first kappa shape index (κ1) is 16.1. The zero-order valence-corrected chi connectivity index (χ0v) is 13.3. The van der Waals surface area contributed by atoms with Crippen molar-refractivity contribution < 1.29 is 14.3 Å². The zero-order chi connectivity index (χ0) is 16.3. The van der Waals surface area contributed by atoms with Gasteiger partial charge in [-0.25, -0.2) is 4.79 Å². The number of likely N-dealkylation sites (tertiary alicyclic amines) is 1. The molecule has 120 valence electrons. The molecule has 0 aliphatic carbocycles. The molecule has 1 heterocycles. The SMILES string of the molecule is COc1ccc(C)cc1C(C)NC(=O)N1CCC(C(N)=O)C1. The Morgan fingerprint density at radius 3 is 2.77 bits per heavy atom. The highest BCUT2D eigenvalue weighted by Gasteiger charge is 2.30. The number of carbonyl (C=O) groups excluding carboxylic acids is 2. The minimum absolute atomic E-state index is 0.181. The predicted molar refractivity (Wildman–Crippen MR) is 83.6 cm³/mol. The minimum atomic E-state index is -0.344. The number of primary amides is 1. The molecule has 1 aromatic carbocycles. The van der Waals surface area contributed by atoms with Gasteiger partial charge in [0.05, 0.1) is 19.1 Å². The number of amides is 3. The first-order chi connectivity index (χ1) is 10.4. The molecular weight excluding hydrogens is 282 g/mol. The lowest BCUT2D eigenvalue weighted by molar-refractivity contribution is -0.121. The van der Waals surface area contributed by atoms with E-state index in [0.717, 1.165) is 16.9 Å². The topological polar surface area (TPSA) is 84.7 Å². The highest BCUT2D eigenvalue weighted by molar-refractivity contribution is 5.80. The number of carbonyl (C=O) groups is 2. The number of hydrogen-bond donors (Lipinski definition) is 2. The van der Waals surface area contributed by atoms with Crippen LogP contribution in [0.2, 0.25) is 0 Å². The number of nitrogens with one attached hydrogen (secondary N) is 1. The van der Waals surface area contributed by atoms with Crippen LogP contribution in [0.3, 0.4) is 0 Å². The lowest BCUT2D eigenvalue weighted by Gasteiger charge is -2.22. The van der Waals surface area contributed by atoms with Gasteiger partial charge < -0.3 is 20.7 Å². The fraction of sp³-hybridized carbons (Fsp3) is 0.500. The van der Waals surface area contributed by atoms with Crippen molar-refractivity contribution in [3.05, 3.63) is 29.3 Å². The predicted octanol–water partition coefficient (Wildman–Crippen LogP) is 1.58. The minimum Gasteiger partial charge on any atom is -0.496 e. The average molecular weight is 305 g/mol. The van der Waals surface area contributed by atoms with Crippen molar-refractivity contribution in [2.75, 3.05) is 20.2 Å². The summed E-state index contributed by atoms with van der Waals surface area (Å²) >= 11 is 0. The van der Waals surface area contributed by atoms with Gasteiger partial charge in [-0.05, 0) is 26.3 Å². The van der Waals surface area contributed by atoms with Gasteiger partial charge in [-0.15, -0.1) is 0 Å². The molecule has 3 N–H and O–H groups in total. The summed E-state index contributed by atoms with van der Waals surface area (Å²) in [5.74, 6) is 0.160. The fourth-order valence-electron chi connectivity index (χ4n) is 2.72. The molecule has 2 rings (SSSR count). The van der Waals surface area contributed by atoms with Crippen molar-refractivity contribution in [3.8, 4) is 5.75 Å². The maximum atomic E-state index is 12.3. The summed E-state index contributed by atoms with van der Waals surface area (Å²) in [7, 11) is 1.61. The van der Waals surface area contributed by atoms with Crippen molar-refractivity contribution in [1.82, 2.24) is 10.2 Å². The smallest absolute Gasteiger partial charge is 0.317 e. The van der Waals surface area contributed by atoms with Crippen molar-refractivity contribution in [2.45, 2.75) is 26.3 Å². The van der Waals surface area contributed by atoms with E-state index in [1.54, 1.807) is 12.0 Å². The molecule has 6 heteroatoms. The average Bonchev–Trinajstić information content (AvgIpc) is 2.97. The van der Waals surface area contributed by atoms with Crippen LogP contribution in [0.15, 0.2) is 18.2 Å². The molecule has 2 unspecified atom stereocenters. The third-order valence-electron chi connectivity index (χ3n) is 4.07. The summed E-state index contributed by atoms with van der Waals surface area (Å²) in [6.07, 6.45) is 0.630. The number of benzene rings is 1. The first-order valence-electron chi connectivity index (χ1n) is 7.41. The van der Waals surface area contributed by atoms with E-state index in [-0.39, 0.29) is 23.9 Å². The van der Waals surface area contributed by atoms with E-state index in [2.05, 4.69) is 5.32 Å². The Balaban J connectivity index is 2.03. The Morgan fingerprint density at radius 1 is 1.45 bits per heavy atom. The Labute approximate surface area is 130 Å². The van der Waals surface area contributed by atoms with Crippen LogP contribution in [0.25, 0.3) is 0 Å². The van der Waals surface area contributed by atoms with Crippen LogP contribution in [0.5, 0.6) is 5.75 Å². The van der Waals surface area contributed by atoms with Gasteiger partial charge in [-0.1, -0.05) is 17.7 Å². The van der Waals surface area contributed by atoms with Crippen LogP contribution in [0.4, 0.5) is 4.79 Å². The molecule has 1 aliphatic rings. The van der Waals surface area contributed by atoms with Crippen LogP contribution < -0.4 is 15.8 Å². The Bertz CT molecular complexity index is 574. The molecule has 0 aromatic heterocycles. The van der Waals surface area contributed by atoms with E-state index in [1.807, 2.05) is 32.0 Å². The number of rotatable bonds is 4. The molecule has 0 radical (unpaired) electrons. The fourth-order valence-corrected chi connectivity index (χ4v) is 2.72. The molecule has 1 aliphatic heterocycles. The third-order valence-corrected chi connectivity index (χ3v) is 4.07. The largest absolute Gasteiger partial charge is 0.496 e. The van der Waals surface area contributed by atoms with Crippen LogP contribution in [0, 0.1) is 12.8 Å². The Morgan fingerprint density at radius 2 is 2.18 bits per heavy atom. The summed E-state index contributed by atoms with van der Waals surface area (Å²) in [6.45, 7) is 4.85. The molecule has 3 amide bonds. The van der Waals surface area contributed by atoms with Crippen molar-refractivity contribution >= 4 is 11.9 Å². The molecule has 1 aromatic rings. The van der Waals surface area contributed by atoms with Gasteiger partial charge >= 0.3 is 6.03 Å². The second-order valence-corrected chi connectivity index (χ2v) is 5.75. The maximum absolute atomic E-state index is 12.3. The maximum Gasteiger partial charge on any atom is 0.317 e. The highest BCUT2D eigenvalue weighted by Crippen LogP contribution is 2.26. The standard InChI is InChI=1S/C16H23N3O3/c1-10-4-5-14(22-3)13(8-10)11(2)18-16(21)19-7-6-12(9-19)15(17)20/h4-5,8,11-12H,6-7,9H2,1-3H3,(H2,17,20)(H,18,21). The molecule has 0 bridgehead atoms. The first-order valence-corrected chi connectivity index (χ1v) is 7.41. The quantitative estimate of drug-likeness (QED) is 0.885. The van der Waals surface area contributed by atoms with Crippen molar-refractivity contribution in [3.63, 3.8) is 0 Å². The number of hydrogen-bond acceptors (Lipinski definition) is 3. The van der Waals surface area contributed by atoms with Crippen LogP contribution in [0.1, 0.15) is 30.5 Å². The van der Waals surface area contributed by atoms with E-state index in [4.69, 9.17) is 10.5 Å². The number of methoxy groups -OCH3 is 1. The van der Waals surface area contributed by atoms with Gasteiger partial charge in [0.2, 0.25) is 5.91 Å². The second-order valence-electron chi connectivity index (χ2n) is 5.75. The van der Waals surface area contributed by atoms with E-state index in [1.165, 1.54) is 0 Å². The van der Waals surface area contributed by atoms with Crippen LogP contribution in [-0.2, 0) is 4.79 Å². The molecular formula is C16H23N3O3. The van der Waals surface area contributed by atoms with Gasteiger partial charge in [0, 0.05) is 18.7 Å². The Hall–Kier alpha value is -2.24. The molecule has 22 heavy (non-hydrogen) atoms. The molecule has 1 saturated heterocycles. The molecule has 1 fully saturated rings. The van der Waals surface area contributed by atoms with Gasteiger partial charge in [-0.3, -0.25) is 4.79 Å². The van der Waals surface area contributed by atoms with Crippen LogP contribution >= 0.6 is 0 Å².